The van der Waals surface area contributed by atoms with E-state index in [2.05, 4.69) is 15.3 Å². The SMILES string of the molecule is CN(CC(=O)N[C@@H]1C(=O)N2C(C(=O)O)=C(SCSc3cc(N)nc(N)n3)CS[C@H]12)c1cc(Cl)ccc1Cl. The number of carboxylic acids is 1. The van der Waals surface area contributed by atoms with Gasteiger partial charge in [0, 0.05) is 33.9 Å². The number of aliphatic carboxylic acids is 1. The molecule has 0 saturated carbocycles. The second-order valence-corrected chi connectivity index (χ2v) is 12.3. The Morgan fingerprint density at radius 1 is 1.27 bits per heavy atom. The summed E-state index contributed by atoms with van der Waals surface area (Å²) in [6.07, 6.45) is 0. The number of carboxylic acid groups (broad SMARTS) is 1. The predicted molar refractivity (Wildman–Crippen MR) is 149 cm³/mol. The number of carbonyl (C=O) groups excluding carboxylic acids is 2. The third kappa shape index (κ3) is 6.14. The second kappa shape index (κ2) is 11.5. The smallest absolute Gasteiger partial charge is 0.353 e. The molecule has 37 heavy (non-hydrogen) atoms. The largest absolute Gasteiger partial charge is 0.477 e. The first kappa shape index (κ1) is 27.5. The lowest BCUT2D eigenvalue weighted by Crippen LogP contribution is -2.71. The number of benzene rings is 1. The van der Waals surface area contributed by atoms with Crippen LogP contribution < -0.4 is 21.7 Å². The minimum absolute atomic E-state index is 0.0510. The summed E-state index contributed by atoms with van der Waals surface area (Å²) < 4.78 is 0. The number of carbonyl (C=O) groups is 3. The molecule has 0 radical (unpaired) electrons. The van der Waals surface area contributed by atoms with Crippen molar-refractivity contribution in [3.8, 4) is 0 Å². The Balaban J connectivity index is 1.38. The molecule has 0 spiro atoms. The van der Waals surface area contributed by atoms with E-state index in [-0.39, 0.29) is 24.0 Å². The Morgan fingerprint density at radius 3 is 2.73 bits per heavy atom. The van der Waals surface area contributed by atoms with Crippen molar-refractivity contribution in [2.24, 2.45) is 0 Å². The Hall–Kier alpha value is -2.52. The fraction of sp³-hybridized carbons (Fsp3) is 0.286. The van der Waals surface area contributed by atoms with Gasteiger partial charge in [-0.3, -0.25) is 14.5 Å². The fourth-order valence-electron chi connectivity index (χ4n) is 3.70. The lowest BCUT2D eigenvalue weighted by molar-refractivity contribution is -0.150. The molecule has 0 aliphatic carbocycles. The van der Waals surface area contributed by atoms with Crippen molar-refractivity contribution in [1.82, 2.24) is 20.2 Å². The highest BCUT2D eigenvalue weighted by molar-refractivity contribution is 8.18. The Labute approximate surface area is 234 Å². The van der Waals surface area contributed by atoms with Crippen molar-refractivity contribution in [2.75, 3.05) is 40.8 Å². The molecule has 2 aromatic rings. The van der Waals surface area contributed by atoms with Crippen molar-refractivity contribution < 1.29 is 19.5 Å². The number of nitrogens with zero attached hydrogens (tertiary/aromatic N) is 4. The normalized spacial score (nSPS) is 18.8. The number of nitrogens with two attached hydrogens (primary N) is 2. The third-order valence-corrected chi connectivity index (χ3v) is 9.48. The molecule has 2 aliphatic heterocycles. The Bertz CT molecular complexity index is 1280. The molecule has 4 rings (SSSR count). The number of β-lactam (4-membered cyclic amide) rings is 1. The summed E-state index contributed by atoms with van der Waals surface area (Å²) in [6, 6.07) is 5.66. The molecule has 0 bridgehead atoms. The van der Waals surface area contributed by atoms with Gasteiger partial charge in [-0.1, -0.05) is 35.0 Å². The van der Waals surface area contributed by atoms with Crippen LogP contribution in [0.1, 0.15) is 0 Å². The zero-order chi connectivity index (χ0) is 26.9. The van der Waals surface area contributed by atoms with E-state index >= 15 is 0 Å². The molecule has 0 unspecified atom stereocenters. The van der Waals surface area contributed by atoms with Crippen LogP contribution in [0.25, 0.3) is 0 Å². The van der Waals surface area contributed by atoms with Crippen molar-refractivity contribution >= 4 is 93.7 Å². The van der Waals surface area contributed by atoms with E-state index in [0.29, 0.717) is 36.5 Å². The number of nitrogens with one attached hydrogen (secondary N) is 1. The number of hydrogen-bond donors (Lipinski definition) is 4. The molecule has 1 aromatic heterocycles. The van der Waals surface area contributed by atoms with Crippen LogP contribution in [0.5, 0.6) is 0 Å². The molecule has 2 atom stereocenters. The quantitative estimate of drug-likeness (QED) is 0.144. The van der Waals surface area contributed by atoms with Gasteiger partial charge in [-0.15, -0.1) is 23.5 Å². The molecule has 1 aromatic carbocycles. The van der Waals surface area contributed by atoms with Crippen molar-refractivity contribution in [1.29, 1.82) is 0 Å². The second-order valence-electron chi connectivity index (χ2n) is 7.88. The summed E-state index contributed by atoms with van der Waals surface area (Å²) in [7, 11) is 1.68. The van der Waals surface area contributed by atoms with Crippen molar-refractivity contribution in [2.45, 2.75) is 16.4 Å². The van der Waals surface area contributed by atoms with E-state index in [0.717, 1.165) is 0 Å². The van der Waals surface area contributed by atoms with E-state index < -0.39 is 29.2 Å². The number of rotatable bonds is 9. The van der Waals surface area contributed by atoms with Gasteiger partial charge in [-0.25, -0.2) is 9.78 Å². The number of amides is 2. The molecule has 6 N–H and O–H groups in total. The fourth-order valence-corrected chi connectivity index (χ4v) is 7.83. The van der Waals surface area contributed by atoms with Crippen LogP contribution >= 0.6 is 58.5 Å². The van der Waals surface area contributed by atoms with Gasteiger partial charge in [0.1, 0.15) is 28.0 Å². The van der Waals surface area contributed by atoms with E-state index in [1.165, 1.54) is 40.2 Å². The number of fused-ring (bicyclic) bond motifs is 1. The molecule has 3 heterocycles. The number of halogens is 2. The molecule has 196 valence electrons. The first-order valence-electron chi connectivity index (χ1n) is 10.6. The summed E-state index contributed by atoms with van der Waals surface area (Å²) in [5.41, 5.74) is 11.8. The van der Waals surface area contributed by atoms with Gasteiger partial charge in [0.15, 0.2) is 0 Å². The van der Waals surface area contributed by atoms with Crippen LogP contribution in [0, 0.1) is 0 Å². The molecule has 2 aliphatic rings. The van der Waals surface area contributed by atoms with Gasteiger partial charge in [0.2, 0.25) is 11.9 Å². The van der Waals surface area contributed by atoms with Gasteiger partial charge in [-0.05, 0) is 18.2 Å². The first-order valence-corrected chi connectivity index (χ1v) is 14.3. The minimum Gasteiger partial charge on any atom is -0.477 e. The average Bonchev–Trinajstić information content (AvgIpc) is 2.82. The summed E-state index contributed by atoms with van der Waals surface area (Å²) in [5, 5.41) is 13.9. The zero-order valence-electron chi connectivity index (χ0n) is 19.2. The Morgan fingerprint density at radius 2 is 2.03 bits per heavy atom. The number of anilines is 3. The molecule has 11 nitrogen and oxygen atoms in total. The predicted octanol–water partition coefficient (Wildman–Crippen LogP) is 2.56. The molecule has 1 saturated heterocycles. The number of nitrogen functional groups attached to an aromatic ring is 2. The standard InChI is InChI=1S/C21H21Cl2N7O4S3/c1-29(11-4-9(22)2-3-10(11)23)6-14(31)27-16-18(32)30-17(20(33)34)12(7-35-19(16)30)36-8-37-15-5-13(24)26-21(25)28-15/h2-5,16,19H,6-8H2,1H3,(H,27,31)(H,33,34)(H4,24,25,26,28)/t16-,19-/m1/s1. The highest BCUT2D eigenvalue weighted by Gasteiger charge is 2.54. The summed E-state index contributed by atoms with van der Waals surface area (Å²) in [4.78, 5) is 48.9. The van der Waals surface area contributed by atoms with Crippen LogP contribution in [-0.4, -0.2) is 73.6 Å². The maximum absolute atomic E-state index is 12.9. The summed E-state index contributed by atoms with van der Waals surface area (Å²) in [6.45, 7) is -0.0702. The minimum atomic E-state index is -1.21. The van der Waals surface area contributed by atoms with Crippen LogP contribution in [0.4, 0.5) is 17.5 Å². The topological polar surface area (TPSA) is 168 Å². The van der Waals surface area contributed by atoms with Crippen molar-refractivity contribution in [3.05, 3.63) is 44.9 Å². The maximum atomic E-state index is 12.9. The number of aromatic nitrogens is 2. The zero-order valence-corrected chi connectivity index (χ0v) is 23.1. The lowest BCUT2D eigenvalue weighted by atomic mass is 10.1. The number of thioether (sulfide) groups is 3. The van der Waals surface area contributed by atoms with Crippen LogP contribution in [0.3, 0.4) is 0 Å². The molecule has 16 heteroatoms. The van der Waals surface area contributed by atoms with E-state index in [9.17, 15) is 19.5 Å². The van der Waals surface area contributed by atoms with Gasteiger partial charge in [-0.2, -0.15) is 4.98 Å². The third-order valence-electron chi connectivity index (χ3n) is 5.33. The van der Waals surface area contributed by atoms with E-state index in [4.69, 9.17) is 34.7 Å². The van der Waals surface area contributed by atoms with Crippen LogP contribution in [0.2, 0.25) is 10.0 Å². The van der Waals surface area contributed by atoms with Crippen LogP contribution in [0.15, 0.2) is 39.9 Å². The van der Waals surface area contributed by atoms with Crippen LogP contribution in [-0.2, 0) is 14.4 Å². The first-order chi connectivity index (χ1) is 17.5. The van der Waals surface area contributed by atoms with Crippen molar-refractivity contribution in [3.63, 3.8) is 0 Å². The monoisotopic (exact) mass is 601 g/mol. The van der Waals surface area contributed by atoms with E-state index in [1.807, 2.05) is 0 Å². The number of likely N-dealkylation sites (N-methyl/N-ethyl adjacent to an activating group) is 1. The highest BCUT2D eigenvalue weighted by Crippen LogP contribution is 2.44. The maximum Gasteiger partial charge on any atom is 0.353 e. The molecular formula is C21H21Cl2N7O4S3. The lowest BCUT2D eigenvalue weighted by Gasteiger charge is -2.49. The van der Waals surface area contributed by atoms with Gasteiger partial charge in [0.25, 0.3) is 5.91 Å². The van der Waals surface area contributed by atoms with Gasteiger partial charge < -0.3 is 26.8 Å². The average molecular weight is 603 g/mol. The summed E-state index contributed by atoms with van der Waals surface area (Å²) >= 11 is 16.2. The molecule has 2 amide bonds. The van der Waals surface area contributed by atoms with Gasteiger partial charge >= 0.3 is 5.97 Å². The molecular weight excluding hydrogens is 581 g/mol. The number of hydrogen-bond acceptors (Lipinski definition) is 11. The molecule has 1 fully saturated rings. The Kier molecular flexibility index (Phi) is 8.53. The van der Waals surface area contributed by atoms with E-state index in [1.54, 1.807) is 36.2 Å². The highest BCUT2D eigenvalue weighted by atomic mass is 35.5. The summed E-state index contributed by atoms with van der Waals surface area (Å²) in [5.74, 6) is -1.43. The van der Waals surface area contributed by atoms with Gasteiger partial charge in [0.05, 0.1) is 17.3 Å².